The molecule has 0 aliphatic rings. The first-order valence-corrected chi connectivity index (χ1v) is 17.6. The van der Waals surface area contributed by atoms with E-state index in [-0.39, 0.29) is 5.41 Å². The van der Waals surface area contributed by atoms with E-state index in [0.717, 1.165) is 28.5 Å². The highest BCUT2D eigenvalue weighted by molar-refractivity contribution is 7.70. The third-order valence-corrected chi connectivity index (χ3v) is 9.39. The Labute approximate surface area is 269 Å². The molecular weight excluding hydrogens is 599 g/mol. The summed E-state index contributed by atoms with van der Waals surface area (Å²) >= 11 is 0. The minimum absolute atomic E-state index is 0.200. The van der Waals surface area contributed by atoms with Crippen LogP contribution in [0.4, 0.5) is 22.1 Å². The van der Waals surface area contributed by atoms with Crippen LogP contribution >= 0.6 is 7.14 Å². The first kappa shape index (κ1) is 32.4. The summed E-state index contributed by atoms with van der Waals surface area (Å²) in [7, 11) is -1.21. The van der Waals surface area contributed by atoms with Gasteiger partial charge in [0.2, 0.25) is 11.8 Å². The Bertz CT molecular complexity index is 1910. The number of methoxy groups -OCH3 is 1. The predicted octanol–water partition coefficient (Wildman–Crippen LogP) is 8.02. The average Bonchev–Trinajstić information content (AvgIpc) is 3.04. The molecule has 0 aliphatic carbocycles. The van der Waals surface area contributed by atoms with E-state index >= 15 is 0 Å². The maximum absolute atomic E-state index is 13.5. The van der Waals surface area contributed by atoms with E-state index in [1.54, 1.807) is 43.9 Å². The van der Waals surface area contributed by atoms with E-state index in [4.69, 9.17) is 9.47 Å². The van der Waals surface area contributed by atoms with Crippen LogP contribution in [0.3, 0.4) is 0 Å². The molecule has 0 bridgehead atoms. The van der Waals surface area contributed by atoms with Gasteiger partial charge in [-0.3, -0.25) is 4.98 Å². The van der Waals surface area contributed by atoms with E-state index in [9.17, 15) is 9.36 Å². The zero-order chi connectivity index (χ0) is 32.9. The van der Waals surface area contributed by atoms with Gasteiger partial charge in [-0.2, -0.15) is 4.98 Å². The summed E-state index contributed by atoms with van der Waals surface area (Å²) in [5.41, 5.74) is 2.67. The maximum atomic E-state index is 13.5. The van der Waals surface area contributed by atoms with Gasteiger partial charge < -0.3 is 30.0 Å². The van der Waals surface area contributed by atoms with Gasteiger partial charge in [0.1, 0.15) is 12.9 Å². The smallest absolute Gasteiger partial charge is 0.323 e. The minimum Gasteiger partial charge on any atom is -0.494 e. The van der Waals surface area contributed by atoms with Crippen molar-refractivity contribution in [3.63, 3.8) is 0 Å². The SMILES string of the molecule is CCC(C)(C)c1cc(NC(=O)Nc2ccc(Oc3ccnc(NCc4ccccn4)n3)c3ccccc23)c(OC)c(P(C)(C)=O)c1. The Morgan fingerprint density at radius 2 is 1.63 bits per heavy atom. The monoisotopic (exact) mass is 638 g/mol. The topological polar surface area (TPSA) is 127 Å². The Kier molecular flexibility index (Phi) is 9.58. The van der Waals surface area contributed by atoms with Gasteiger partial charge in [-0.1, -0.05) is 51.1 Å². The van der Waals surface area contributed by atoms with Crippen LogP contribution in [0.2, 0.25) is 0 Å². The van der Waals surface area contributed by atoms with Crippen molar-refractivity contribution in [1.29, 1.82) is 0 Å². The van der Waals surface area contributed by atoms with Crippen molar-refractivity contribution in [3.05, 3.63) is 96.4 Å². The number of benzene rings is 3. The normalized spacial score (nSPS) is 11.6. The zero-order valence-electron chi connectivity index (χ0n) is 26.9. The molecule has 2 heterocycles. The van der Waals surface area contributed by atoms with Crippen molar-refractivity contribution in [1.82, 2.24) is 15.0 Å². The molecule has 46 heavy (non-hydrogen) atoms. The summed E-state index contributed by atoms with van der Waals surface area (Å²) in [6.45, 7) is 10.2. The molecular formula is C35H39N6O4P. The Hall–Kier alpha value is -4.95. The molecule has 3 aromatic carbocycles. The van der Waals surface area contributed by atoms with Gasteiger partial charge in [-0.05, 0) is 67.1 Å². The lowest BCUT2D eigenvalue weighted by Crippen LogP contribution is -2.24. The van der Waals surface area contributed by atoms with Crippen molar-refractivity contribution < 1.29 is 18.8 Å². The summed E-state index contributed by atoms with van der Waals surface area (Å²) in [4.78, 5) is 26.5. The highest BCUT2D eigenvalue weighted by Crippen LogP contribution is 2.44. The molecule has 2 aromatic heterocycles. The van der Waals surface area contributed by atoms with Gasteiger partial charge in [-0.15, -0.1) is 0 Å². The molecule has 0 unspecified atom stereocenters. The molecule has 0 radical (unpaired) electrons. The van der Waals surface area contributed by atoms with Gasteiger partial charge in [0.15, 0.2) is 5.75 Å². The number of carbonyl (C=O) groups is 1. The minimum atomic E-state index is -2.73. The van der Waals surface area contributed by atoms with Crippen LogP contribution in [-0.2, 0) is 16.5 Å². The standard InChI is InChI=1S/C35H39N6O4P/c1-7-35(2,3)23-20-28(32(44-4)30(21-23)46(5,6)43)40-34(42)39-27-15-16-29(26-14-9-8-13-25(26)27)45-31-17-19-37-33(41-31)38-22-24-12-10-11-18-36-24/h8-21H,7,22H2,1-6H3,(H,37,38,41)(H2,39,40,42). The molecule has 0 saturated heterocycles. The van der Waals surface area contributed by atoms with E-state index in [0.29, 0.717) is 46.6 Å². The largest absolute Gasteiger partial charge is 0.494 e. The number of anilines is 3. The molecule has 11 heteroatoms. The van der Waals surface area contributed by atoms with Crippen LogP contribution in [0.15, 0.2) is 85.2 Å². The van der Waals surface area contributed by atoms with E-state index < -0.39 is 13.2 Å². The fourth-order valence-corrected chi connectivity index (χ4v) is 6.08. The lowest BCUT2D eigenvalue weighted by Gasteiger charge is -2.27. The second-order valence-corrected chi connectivity index (χ2v) is 15.1. The number of nitrogens with zero attached hydrogens (tertiary/aromatic N) is 3. The number of hydrogen-bond donors (Lipinski definition) is 3. The van der Waals surface area contributed by atoms with Crippen LogP contribution in [0.1, 0.15) is 38.4 Å². The van der Waals surface area contributed by atoms with Gasteiger partial charge in [0.25, 0.3) is 0 Å². The van der Waals surface area contributed by atoms with Crippen LogP contribution in [0.5, 0.6) is 17.4 Å². The fraction of sp³-hybridized carbons (Fsp3) is 0.257. The number of hydrogen-bond acceptors (Lipinski definition) is 8. The van der Waals surface area contributed by atoms with Gasteiger partial charge in [0.05, 0.1) is 36.0 Å². The number of pyridine rings is 1. The number of rotatable bonds is 11. The van der Waals surface area contributed by atoms with Crippen molar-refractivity contribution in [3.8, 4) is 17.4 Å². The van der Waals surface area contributed by atoms with Crippen molar-refractivity contribution >= 4 is 46.6 Å². The molecule has 238 valence electrons. The summed E-state index contributed by atoms with van der Waals surface area (Å²) < 4.78 is 25.2. The van der Waals surface area contributed by atoms with E-state index in [1.807, 2.05) is 54.6 Å². The second-order valence-electron chi connectivity index (χ2n) is 11.9. The highest BCUT2D eigenvalue weighted by Gasteiger charge is 2.27. The van der Waals surface area contributed by atoms with Gasteiger partial charge >= 0.3 is 6.03 Å². The van der Waals surface area contributed by atoms with E-state index in [1.165, 1.54) is 7.11 Å². The van der Waals surface area contributed by atoms with Crippen LogP contribution in [0, 0.1) is 0 Å². The quantitative estimate of drug-likeness (QED) is 0.124. The number of ether oxygens (including phenoxy) is 2. The number of aromatic nitrogens is 3. The Morgan fingerprint density at radius 3 is 2.33 bits per heavy atom. The molecule has 2 amide bonds. The molecule has 3 N–H and O–H groups in total. The number of urea groups is 1. The highest BCUT2D eigenvalue weighted by atomic mass is 31.2. The summed E-state index contributed by atoms with van der Waals surface area (Å²) in [5, 5.41) is 11.2. The fourth-order valence-electron chi connectivity index (χ4n) is 4.93. The summed E-state index contributed by atoms with van der Waals surface area (Å²) in [6.07, 6.45) is 4.22. The lowest BCUT2D eigenvalue weighted by molar-refractivity contribution is 0.262. The van der Waals surface area contributed by atoms with E-state index in [2.05, 4.69) is 51.7 Å². The Balaban J connectivity index is 1.39. The van der Waals surface area contributed by atoms with Crippen LogP contribution in [-0.4, -0.2) is 41.4 Å². The third-order valence-electron chi connectivity index (χ3n) is 7.90. The molecule has 5 aromatic rings. The van der Waals surface area contributed by atoms with Gasteiger partial charge in [-0.25, -0.2) is 9.78 Å². The van der Waals surface area contributed by atoms with Crippen LogP contribution in [0.25, 0.3) is 10.8 Å². The zero-order valence-corrected chi connectivity index (χ0v) is 27.8. The second kappa shape index (κ2) is 13.6. The maximum Gasteiger partial charge on any atom is 0.323 e. The summed E-state index contributed by atoms with van der Waals surface area (Å²) in [6, 6.07) is 22.0. The first-order chi connectivity index (χ1) is 22.0. The van der Waals surface area contributed by atoms with Crippen molar-refractivity contribution in [2.75, 3.05) is 36.4 Å². The predicted molar refractivity (Wildman–Crippen MR) is 186 cm³/mol. The molecule has 5 rings (SSSR count). The lowest BCUT2D eigenvalue weighted by atomic mass is 9.82. The third kappa shape index (κ3) is 7.46. The number of carbonyl (C=O) groups excluding carboxylic acids is 1. The molecule has 10 nitrogen and oxygen atoms in total. The molecule has 0 aliphatic heterocycles. The molecule has 0 atom stereocenters. The molecule has 0 spiro atoms. The number of fused-ring (bicyclic) bond motifs is 1. The van der Waals surface area contributed by atoms with Crippen molar-refractivity contribution in [2.45, 2.75) is 39.2 Å². The number of amides is 2. The van der Waals surface area contributed by atoms with Crippen LogP contribution < -0.4 is 30.7 Å². The van der Waals surface area contributed by atoms with Crippen molar-refractivity contribution in [2.24, 2.45) is 0 Å². The number of nitrogens with one attached hydrogen (secondary N) is 3. The Morgan fingerprint density at radius 1 is 0.891 bits per heavy atom. The average molecular weight is 639 g/mol. The molecule has 0 fully saturated rings. The van der Waals surface area contributed by atoms with Gasteiger partial charge in [0, 0.05) is 29.2 Å². The summed E-state index contributed by atoms with van der Waals surface area (Å²) in [5.74, 6) is 1.74. The molecule has 0 saturated carbocycles. The first-order valence-electron chi connectivity index (χ1n) is 15.0.